The summed E-state index contributed by atoms with van der Waals surface area (Å²) in [7, 11) is 0. The molecule has 0 amide bonds. The summed E-state index contributed by atoms with van der Waals surface area (Å²) >= 11 is 0. The predicted molar refractivity (Wildman–Crippen MR) is 77.0 cm³/mol. The van der Waals surface area contributed by atoms with Crippen LogP contribution in [0.2, 0.25) is 0 Å². The van der Waals surface area contributed by atoms with Crippen molar-refractivity contribution in [1.29, 1.82) is 0 Å². The van der Waals surface area contributed by atoms with E-state index in [-0.39, 0.29) is 12.5 Å². The lowest BCUT2D eigenvalue weighted by molar-refractivity contribution is -0.137. The predicted octanol–water partition coefficient (Wildman–Crippen LogP) is 4.92. The minimum Gasteiger partial charge on any atom is -0.481 e. The van der Waals surface area contributed by atoms with Gasteiger partial charge in [0.2, 0.25) is 0 Å². The molecule has 0 saturated heterocycles. The normalized spacial score (nSPS) is 12.2. The number of unbranched alkanes of at least 4 members (excludes halogenated alkanes) is 5. The molecule has 0 saturated carbocycles. The van der Waals surface area contributed by atoms with E-state index < -0.39 is 5.97 Å². The van der Waals surface area contributed by atoms with Gasteiger partial charge < -0.3 is 5.11 Å². The molecule has 0 fully saturated rings. The van der Waals surface area contributed by atoms with Gasteiger partial charge in [-0.1, -0.05) is 63.9 Å². The number of carboxylic acids is 1. The lowest BCUT2D eigenvalue weighted by Gasteiger charge is -2.08. The molecule has 0 aromatic rings. The quantitative estimate of drug-likeness (QED) is 0.236. The third-order valence-electron chi connectivity index (χ3n) is 3.19. The molecule has 1 atom stereocenters. The molecular weight excluding hydrogens is 242 g/mol. The summed E-state index contributed by atoms with van der Waals surface area (Å²) in [4.78, 5) is 13.3. The largest absolute Gasteiger partial charge is 0.481 e. The zero-order chi connectivity index (χ0) is 14.5. The number of hydrogen-bond donors (Lipinski definition) is 1. The van der Waals surface area contributed by atoms with E-state index in [0.717, 1.165) is 18.8 Å². The molecule has 0 radical (unpaired) electrons. The van der Waals surface area contributed by atoms with E-state index in [2.05, 4.69) is 23.9 Å². The van der Waals surface area contributed by atoms with Gasteiger partial charge in [0.05, 0.1) is 6.42 Å². The van der Waals surface area contributed by atoms with E-state index in [1.807, 2.05) is 0 Å². The highest BCUT2D eigenvalue weighted by Crippen LogP contribution is 2.14. The maximum Gasteiger partial charge on any atom is 0.303 e. The highest BCUT2D eigenvalue weighted by molar-refractivity contribution is 5.67. The Labute approximate surface area is 116 Å². The topological polar surface area (TPSA) is 86.1 Å². The first-order valence-electron chi connectivity index (χ1n) is 7.32. The van der Waals surface area contributed by atoms with Crippen molar-refractivity contribution in [1.82, 2.24) is 0 Å². The van der Waals surface area contributed by atoms with Gasteiger partial charge in [-0.3, -0.25) is 4.79 Å². The second-order valence-electron chi connectivity index (χ2n) is 5.55. The van der Waals surface area contributed by atoms with Crippen LogP contribution >= 0.6 is 0 Å². The van der Waals surface area contributed by atoms with E-state index in [1.165, 1.54) is 32.1 Å². The smallest absolute Gasteiger partial charge is 0.303 e. The lowest BCUT2D eigenvalue weighted by atomic mass is 10.0. The molecule has 0 aliphatic rings. The first kappa shape index (κ1) is 17.8. The van der Waals surface area contributed by atoms with Crippen LogP contribution in [0.5, 0.6) is 0 Å². The highest BCUT2D eigenvalue weighted by Gasteiger charge is 2.10. The molecule has 0 bridgehead atoms. The lowest BCUT2D eigenvalue weighted by Crippen LogP contribution is -2.10. The van der Waals surface area contributed by atoms with E-state index in [1.54, 1.807) is 0 Å². The molecule has 0 aromatic heterocycles. The van der Waals surface area contributed by atoms with E-state index in [4.69, 9.17) is 10.6 Å². The average Bonchev–Trinajstić information content (AvgIpc) is 2.31. The van der Waals surface area contributed by atoms with Crippen molar-refractivity contribution in [2.24, 2.45) is 11.0 Å². The van der Waals surface area contributed by atoms with Crippen molar-refractivity contribution < 1.29 is 9.90 Å². The summed E-state index contributed by atoms with van der Waals surface area (Å²) in [6.07, 6.45) is 9.00. The van der Waals surface area contributed by atoms with Gasteiger partial charge in [-0.05, 0) is 17.9 Å². The maximum absolute atomic E-state index is 10.6. The Morgan fingerprint density at radius 1 is 1.11 bits per heavy atom. The number of carboxylic acid groups (broad SMARTS) is 1. The number of aliphatic carboxylic acids is 1. The molecule has 1 unspecified atom stereocenters. The van der Waals surface area contributed by atoms with Crippen molar-refractivity contribution in [3.63, 3.8) is 0 Å². The summed E-state index contributed by atoms with van der Waals surface area (Å²) in [5.41, 5.74) is 8.36. The zero-order valence-electron chi connectivity index (χ0n) is 12.2. The van der Waals surface area contributed by atoms with Crippen molar-refractivity contribution in [2.45, 2.75) is 77.7 Å². The van der Waals surface area contributed by atoms with Gasteiger partial charge in [0.25, 0.3) is 0 Å². The van der Waals surface area contributed by atoms with E-state index >= 15 is 0 Å². The molecule has 5 heteroatoms. The van der Waals surface area contributed by atoms with Crippen LogP contribution in [0.1, 0.15) is 71.6 Å². The molecule has 0 aliphatic carbocycles. The standard InChI is InChI=1S/C14H27N3O2/c1-12(2)9-7-5-3-4-6-8-10-13(16-17-15)11-14(18)19/h12-13H,3-11H2,1-2H3,(H,18,19). The van der Waals surface area contributed by atoms with Crippen LogP contribution in [-0.4, -0.2) is 17.1 Å². The molecule has 1 N–H and O–H groups in total. The average molecular weight is 269 g/mol. The minimum atomic E-state index is -0.897. The van der Waals surface area contributed by atoms with Gasteiger partial charge in [-0.25, -0.2) is 0 Å². The van der Waals surface area contributed by atoms with Crippen LogP contribution < -0.4 is 0 Å². The first-order valence-corrected chi connectivity index (χ1v) is 7.32. The van der Waals surface area contributed by atoms with Gasteiger partial charge in [0.15, 0.2) is 0 Å². The Bertz CT molecular complexity index is 286. The number of azide groups is 1. The van der Waals surface area contributed by atoms with E-state index in [9.17, 15) is 4.79 Å². The number of carbonyl (C=O) groups is 1. The van der Waals surface area contributed by atoms with Gasteiger partial charge in [-0.15, -0.1) is 0 Å². The molecule has 5 nitrogen and oxygen atoms in total. The zero-order valence-corrected chi connectivity index (χ0v) is 12.2. The molecule has 0 aliphatic heterocycles. The van der Waals surface area contributed by atoms with Crippen molar-refractivity contribution in [3.05, 3.63) is 10.4 Å². The first-order chi connectivity index (χ1) is 9.06. The second kappa shape index (κ2) is 11.8. The van der Waals surface area contributed by atoms with Gasteiger partial charge in [0.1, 0.15) is 0 Å². The van der Waals surface area contributed by atoms with Gasteiger partial charge in [-0.2, -0.15) is 0 Å². The summed E-state index contributed by atoms with van der Waals surface area (Å²) in [5, 5.41) is 12.2. The fourth-order valence-corrected chi connectivity index (χ4v) is 2.11. The third-order valence-corrected chi connectivity index (χ3v) is 3.19. The fourth-order valence-electron chi connectivity index (χ4n) is 2.11. The van der Waals surface area contributed by atoms with Crippen LogP contribution in [0, 0.1) is 5.92 Å². The molecule has 0 spiro atoms. The van der Waals surface area contributed by atoms with Crippen molar-refractivity contribution >= 4 is 5.97 Å². The minimum absolute atomic E-state index is 0.0571. The number of nitrogens with zero attached hydrogens (tertiary/aromatic N) is 3. The monoisotopic (exact) mass is 269 g/mol. The van der Waals surface area contributed by atoms with Crippen LogP contribution in [0.25, 0.3) is 10.4 Å². The molecule has 0 rings (SSSR count). The Kier molecular flexibility index (Phi) is 11.1. The Morgan fingerprint density at radius 2 is 1.63 bits per heavy atom. The van der Waals surface area contributed by atoms with E-state index in [0.29, 0.717) is 6.42 Å². The summed E-state index contributed by atoms with van der Waals surface area (Å²) in [5.74, 6) is -0.105. The molecular formula is C14H27N3O2. The molecule has 0 heterocycles. The van der Waals surface area contributed by atoms with Crippen LogP contribution in [0.15, 0.2) is 5.11 Å². The van der Waals surface area contributed by atoms with Crippen LogP contribution in [0.4, 0.5) is 0 Å². The van der Waals surface area contributed by atoms with Crippen LogP contribution in [0.3, 0.4) is 0 Å². The highest BCUT2D eigenvalue weighted by atomic mass is 16.4. The second-order valence-corrected chi connectivity index (χ2v) is 5.55. The number of rotatable bonds is 12. The van der Waals surface area contributed by atoms with Crippen LogP contribution in [-0.2, 0) is 4.79 Å². The Hall–Kier alpha value is -1.22. The Balaban J connectivity index is 3.50. The van der Waals surface area contributed by atoms with Gasteiger partial charge >= 0.3 is 5.97 Å². The Morgan fingerprint density at radius 3 is 2.11 bits per heavy atom. The molecule has 110 valence electrons. The van der Waals surface area contributed by atoms with Crippen molar-refractivity contribution in [3.8, 4) is 0 Å². The SMILES string of the molecule is CC(C)CCCCCCCCC(CC(=O)O)N=[N+]=[N-]. The fraction of sp³-hybridized carbons (Fsp3) is 0.929. The molecule has 0 aromatic carbocycles. The maximum atomic E-state index is 10.6. The summed E-state index contributed by atoms with van der Waals surface area (Å²) in [6, 6.07) is -0.386. The third kappa shape index (κ3) is 13.0. The summed E-state index contributed by atoms with van der Waals surface area (Å²) < 4.78 is 0. The van der Waals surface area contributed by atoms with Gasteiger partial charge in [0, 0.05) is 11.0 Å². The summed E-state index contributed by atoms with van der Waals surface area (Å²) in [6.45, 7) is 4.50. The molecule has 19 heavy (non-hydrogen) atoms. The van der Waals surface area contributed by atoms with Crippen molar-refractivity contribution in [2.75, 3.05) is 0 Å². The number of hydrogen-bond acceptors (Lipinski definition) is 2.